The Hall–Kier alpha value is -1.46. The third-order valence-electron chi connectivity index (χ3n) is 4.93. The Morgan fingerprint density at radius 1 is 1.38 bits per heavy atom. The average molecular weight is 387 g/mol. The molecule has 3 atom stereocenters. The third-order valence-corrected chi connectivity index (χ3v) is 6.52. The zero-order chi connectivity index (χ0) is 17.9. The second-order valence-electron chi connectivity index (χ2n) is 6.59. The predicted molar refractivity (Wildman–Crippen MR) is 92.2 cm³/mol. The molecule has 1 unspecified atom stereocenters. The van der Waals surface area contributed by atoms with Crippen LogP contribution in [0.25, 0.3) is 0 Å². The number of aromatic amines is 1. The monoisotopic (exact) mass is 386 g/mol. The van der Waals surface area contributed by atoms with Crippen LogP contribution in [0.3, 0.4) is 0 Å². The van der Waals surface area contributed by atoms with E-state index in [0.29, 0.717) is 33.4 Å². The van der Waals surface area contributed by atoms with Gasteiger partial charge in [-0.2, -0.15) is 0 Å². The van der Waals surface area contributed by atoms with Crippen molar-refractivity contribution in [1.82, 2.24) is 15.3 Å². The molecule has 1 saturated heterocycles. The zero-order valence-electron chi connectivity index (χ0n) is 14.6. The van der Waals surface area contributed by atoms with Crippen molar-refractivity contribution in [2.45, 2.75) is 19.9 Å². The number of piperidine rings is 1. The first-order chi connectivity index (χ1) is 11.8. The van der Waals surface area contributed by atoms with Crippen molar-refractivity contribution >= 4 is 39.9 Å². The number of carboxylic acid groups (broad SMARTS) is 1. The van der Waals surface area contributed by atoms with Gasteiger partial charge in [0.2, 0.25) is 0 Å². The number of aromatic carboxylic acids is 1. The van der Waals surface area contributed by atoms with Crippen LogP contribution in [0.15, 0.2) is 6.07 Å². The third kappa shape index (κ3) is 3.27. The van der Waals surface area contributed by atoms with Crippen LogP contribution in [0, 0.1) is 25.7 Å². The Morgan fingerprint density at radius 3 is 2.54 bits per heavy atom. The molecule has 26 heavy (non-hydrogen) atoms. The Bertz CT molecular complexity index is 851. The van der Waals surface area contributed by atoms with Gasteiger partial charge in [-0.3, -0.25) is 4.79 Å². The number of nitrogens with one attached hydrogen (secondary N) is 2. The van der Waals surface area contributed by atoms with Gasteiger partial charge in [0.05, 0.1) is 21.6 Å². The van der Waals surface area contributed by atoms with E-state index in [4.69, 9.17) is 11.6 Å². The molecule has 2 fully saturated rings. The largest absolute Gasteiger partial charge is 1.00 e. The molecule has 0 spiro atoms. The molecule has 1 aliphatic carbocycles. The van der Waals surface area contributed by atoms with E-state index in [1.165, 1.54) is 0 Å². The summed E-state index contributed by atoms with van der Waals surface area (Å²) in [5.74, 6) is -0.599. The predicted octanol–water partition coefficient (Wildman–Crippen LogP) is -2.03. The summed E-state index contributed by atoms with van der Waals surface area (Å²) in [4.78, 5) is 32.9. The first-order valence-electron chi connectivity index (χ1n) is 7.95. The van der Waals surface area contributed by atoms with Gasteiger partial charge in [0, 0.05) is 36.7 Å². The normalized spacial score (nSPS) is 23.3. The maximum atomic E-state index is 12.3. The molecule has 2 N–H and O–H groups in total. The fourth-order valence-electron chi connectivity index (χ4n) is 3.49. The molecule has 1 saturated carbocycles. The summed E-state index contributed by atoms with van der Waals surface area (Å²) < 4.78 is 0. The van der Waals surface area contributed by atoms with Gasteiger partial charge < -0.3 is 25.1 Å². The van der Waals surface area contributed by atoms with Crippen LogP contribution >= 0.6 is 22.9 Å². The van der Waals surface area contributed by atoms with Crippen LogP contribution < -0.4 is 34.2 Å². The van der Waals surface area contributed by atoms with E-state index in [-0.39, 0.29) is 35.7 Å². The fraction of sp³-hybridized carbons (Fsp3) is 0.438. The van der Waals surface area contributed by atoms with Crippen LogP contribution in [0.4, 0.5) is 5.13 Å². The van der Waals surface area contributed by atoms with Gasteiger partial charge in [0.25, 0.3) is 5.91 Å². The van der Waals surface area contributed by atoms with Crippen molar-refractivity contribution in [1.29, 1.82) is 0 Å². The van der Waals surface area contributed by atoms with Crippen LogP contribution in [0.2, 0.25) is 5.02 Å². The summed E-state index contributed by atoms with van der Waals surface area (Å²) in [6, 6.07) is 1.78. The molecular weight excluding hydrogens is 371 g/mol. The number of hydrogen-bond acceptors (Lipinski definition) is 6. The molecule has 1 amide bonds. The van der Waals surface area contributed by atoms with Crippen LogP contribution in [0.5, 0.6) is 0 Å². The van der Waals surface area contributed by atoms with Gasteiger partial charge >= 0.3 is 18.9 Å². The summed E-state index contributed by atoms with van der Waals surface area (Å²) in [6.45, 7) is 5.02. The smallest absolute Gasteiger partial charge is 0.544 e. The van der Waals surface area contributed by atoms with Gasteiger partial charge in [-0.15, -0.1) is 0 Å². The number of thiazole rings is 1. The summed E-state index contributed by atoms with van der Waals surface area (Å²) in [5.41, 5.74) is 1.74. The first kappa shape index (κ1) is 19.3. The van der Waals surface area contributed by atoms with Crippen molar-refractivity contribution in [3.63, 3.8) is 0 Å². The number of nitrogens with zero attached hydrogens (tertiary/aromatic N) is 2. The van der Waals surface area contributed by atoms with Crippen LogP contribution in [0.1, 0.15) is 31.5 Å². The molecule has 2 aromatic heterocycles. The van der Waals surface area contributed by atoms with Gasteiger partial charge in [-0.05, 0) is 19.9 Å². The summed E-state index contributed by atoms with van der Waals surface area (Å²) >= 11 is 7.12. The minimum Gasteiger partial charge on any atom is -0.544 e. The Kier molecular flexibility index (Phi) is 5.14. The standard InChI is InChI=1S/C16H17ClN4O3S.Li/c1-6-10(17)3-11(18-6)14(22)20-12-8-4-21(5-9(8)12)16-19-7(2)13(25-16)15(23)24;/h3,8-9,12,18H,4-5H2,1-2H3,(H,20,22)(H,23,24);/q;+1/p-1/t8-,9+,12?;. The van der Waals surface area contributed by atoms with E-state index in [9.17, 15) is 14.7 Å². The van der Waals surface area contributed by atoms with Crippen LogP contribution in [-0.4, -0.2) is 41.0 Å². The summed E-state index contributed by atoms with van der Waals surface area (Å²) in [7, 11) is 0. The van der Waals surface area contributed by atoms with Crippen LogP contribution in [-0.2, 0) is 0 Å². The molecule has 4 rings (SSSR count). The van der Waals surface area contributed by atoms with Crippen molar-refractivity contribution < 1.29 is 33.6 Å². The Labute approximate surface area is 171 Å². The van der Waals surface area contributed by atoms with E-state index in [0.717, 1.165) is 30.1 Å². The van der Waals surface area contributed by atoms with Crippen molar-refractivity contribution in [2.24, 2.45) is 11.8 Å². The van der Waals surface area contributed by atoms with E-state index < -0.39 is 5.97 Å². The quantitative estimate of drug-likeness (QED) is 0.590. The number of aryl methyl sites for hydroxylation is 2. The second kappa shape index (κ2) is 6.93. The van der Waals surface area contributed by atoms with Crippen molar-refractivity contribution in [2.75, 3.05) is 18.0 Å². The molecule has 0 aromatic carbocycles. The maximum absolute atomic E-state index is 12.3. The van der Waals surface area contributed by atoms with Crippen molar-refractivity contribution in [3.8, 4) is 0 Å². The molecule has 0 radical (unpaired) electrons. The first-order valence-corrected chi connectivity index (χ1v) is 9.14. The van der Waals surface area contributed by atoms with Gasteiger partial charge in [0.1, 0.15) is 5.69 Å². The number of hydrogen-bond donors (Lipinski definition) is 2. The molecule has 132 valence electrons. The minimum atomic E-state index is -1.18. The topological polar surface area (TPSA) is 101 Å². The molecule has 1 aliphatic heterocycles. The second-order valence-corrected chi connectivity index (χ2v) is 7.97. The number of aromatic nitrogens is 2. The number of H-pyrrole nitrogens is 1. The number of carbonyl (C=O) groups is 2. The minimum absolute atomic E-state index is 0. The summed E-state index contributed by atoms with van der Waals surface area (Å²) in [5, 5.41) is 15.3. The Morgan fingerprint density at radius 2 is 2.04 bits per heavy atom. The molecule has 3 heterocycles. The maximum Gasteiger partial charge on any atom is 1.00 e. The number of halogens is 1. The average Bonchev–Trinajstić information content (AvgIpc) is 2.96. The molecule has 2 aromatic rings. The number of anilines is 1. The van der Waals surface area contributed by atoms with Gasteiger partial charge in [-0.25, -0.2) is 4.98 Å². The SMILES string of the molecule is Cc1nc(N2C[C@@H]3C(NC(=O)c4cc(Cl)c(C)[nH]4)[C@@H]3C2)sc1C(=O)[O-].[Li+]. The molecule has 10 heteroatoms. The zero-order valence-corrected chi connectivity index (χ0v) is 16.2. The fourth-order valence-corrected chi connectivity index (χ4v) is 4.56. The van der Waals surface area contributed by atoms with Gasteiger partial charge in [0.15, 0.2) is 5.13 Å². The van der Waals surface area contributed by atoms with E-state index in [2.05, 4.69) is 20.2 Å². The summed E-state index contributed by atoms with van der Waals surface area (Å²) in [6.07, 6.45) is 0. The number of carboxylic acids is 1. The van der Waals surface area contributed by atoms with E-state index in [1.54, 1.807) is 13.0 Å². The number of amides is 1. The molecular formula is C16H16ClLiN4O3S. The molecule has 0 bridgehead atoms. The number of rotatable bonds is 4. The number of carbonyl (C=O) groups excluding carboxylic acids is 2. The molecule has 7 nitrogen and oxygen atoms in total. The Balaban J connectivity index is 0.00000196. The number of fused-ring (bicyclic) bond motifs is 1. The van der Waals surface area contributed by atoms with Gasteiger partial charge in [-0.1, -0.05) is 22.9 Å². The van der Waals surface area contributed by atoms with Crippen molar-refractivity contribution in [3.05, 3.63) is 33.0 Å². The molecule has 2 aliphatic rings. The van der Waals surface area contributed by atoms with E-state index >= 15 is 0 Å². The van der Waals surface area contributed by atoms with E-state index in [1.807, 2.05) is 6.92 Å².